The Morgan fingerprint density at radius 1 is 1.29 bits per heavy atom. The quantitative estimate of drug-likeness (QED) is 0.476. The molecule has 1 rings (SSSR count). The van der Waals surface area contributed by atoms with E-state index in [1.54, 1.807) is 13.8 Å². The summed E-state index contributed by atoms with van der Waals surface area (Å²) in [5.41, 5.74) is 7.87. The van der Waals surface area contributed by atoms with Crippen molar-refractivity contribution in [2.75, 3.05) is 0 Å². The zero-order valence-electron chi connectivity index (χ0n) is 12.2. The molecule has 2 N–H and O–H groups in total. The smallest absolute Gasteiger partial charge is 0.205 e. The molecule has 21 heavy (non-hydrogen) atoms. The Balaban J connectivity index is 3.73. The number of hydrogen-bond donors (Lipinski definition) is 2. The highest BCUT2D eigenvalue weighted by Gasteiger charge is 2.29. The van der Waals surface area contributed by atoms with Crippen LogP contribution in [0.5, 0.6) is 0 Å². The molecule has 0 fully saturated rings. The van der Waals surface area contributed by atoms with Crippen LogP contribution in [0.1, 0.15) is 43.9 Å². The van der Waals surface area contributed by atoms with Crippen LogP contribution in [-0.4, -0.2) is 24.1 Å². The van der Waals surface area contributed by atoms with E-state index in [1.165, 1.54) is 19.1 Å². The van der Waals surface area contributed by atoms with Gasteiger partial charge in [0.1, 0.15) is 0 Å². The van der Waals surface area contributed by atoms with Gasteiger partial charge in [-0.1, -0.05) is 25.0 Å². The maximum atomic E-state index is 12.3. The molecule has 0 bridgehead atoms. The van der Waals surface area contributed by atoms with Crippen LogP contribution in [0.15, 0.2) is 22.1 Å². The monoisotopic (exact) mass is 313 g/mol. The number of nitrogens with zero attached hydrogens (tertiary/aromatic N) is 3. The van der Waals surface area contributed by atoms with E-state index in [0.29, 0.717) is 12.0 Å². The molecular weight excluding hydrogens is 294 g/mol. The Labute approximate surface area is 123 Å². The molecule has 0 aromatic heterocycles. The van der Waals surface area contributed by atoms with Gasteiger partial charge in [0, 0.05) is 4.91 Å². The van der Waals surface area contributed by atoms with Crippen molar-refractivity contribution in [1.29, 1.82) is 0 Å². The number of aryl methyl sites for hydroxylation is 1. The molecule has 0 aliphatic heterocycles. The molecule has 2 unspecified atom stereocenters. The second-order valence-corrected chi connectivity index (χ2v) is 6.74. The van der Waals surface area contributed by atoms with Crippen LogP contribution in [0.3, 0.4) is 0 Å². The van der Waals surface area contributed by atoms with E-state index >= 15 is 0 Å². The molecule has 1 aromatic rings. The summed E-state index contributed by atoms with van der Waals surface area (Å²) in [5, 5.41) is 23.2. The molecule has 0 spiro atoms. The van der Waals surface area contributed by atoms with E-state index in [9.17, 15) is 18.6 Å². The Hall–Kier alpha value is -1.60. The molecule has 2 atom stereocenters. The predicted octanol–water partition coefficient (Wildman–Crippen LogP) is 2.88. The minimum Gasteiger partial charge on any atom is -0.388 e. The number of benzene rings is 1. The number of rotatable bonds is 6. The van der Waals surface area contributed by atoms with Crippen molar-refractivity contribution in [2.24, 2.45) is 5.11 Å². The van der Waals surface area contributed by atoms with Crippen LogP contribution in [0.2, 0.25) is 0 Å². The lowest BCUT2D eigenvalue weighted by Crippen LogP contribution is -2.20. The van der Waals surface area contributed by atoms with Gasteiger partial charge in [0.25, 0.3) is 0 Å². The van der Waals surface area contributed by atoms with Crippen LogP contribution in [0, 0.1) is 6.92 Å². The Bertz CT molecular complexity index is 666. The lowest BCUT2D eigenvalue weighted by atomic mass is 10.00. The molecule has 0 aliphatic rings. The first-order chi connectivity index (χ1) is 9.81. The molecule has 0 heterocycles. The summed E-state index contributed by atoms with van der Waals surface area (Å²) in [5.74, 6) is 0. The summed E-state index contributed by atoms with van der Waals surface area (Å²) in [6.45, 7) is 4.95. The minimum absolute atomic E-state index is 0.0115. The van der Waals surface area contributed by atoms with Crippen molar-refractivity contribution in [3.63, 3.8) is 0 Å². The largest absolute Gasteiger partial charge is 0.388 e. The normalized spacial score (nSPS) is 14.3. The standard InChI is InChI=1S/C13H19N3O4S/c1-4-9(17)12-8(3)6-7-10(13(12)15-16-14)21(19,20)11(18)5-2/h6-7,9,11,17-18H,4-5H2,1-3H3. The maximum absolute atomic E-state index is 12.3. The fourth-order valence-electron chi connectivity index (χ4n) is 2.06. The number of aliphatic hydroxyl groups excluding tert-OH is 2. The van der Waals surface area contributed by atoms with E-state index in [2.05, 4.69) is 10.0 Å². The predicted molar refractivity (Wildman–Crippen MR) is 78.7 cm³/mol. The van der Waals surface area contributed by atoms with E-state index in [1.807, 2.05) is 0 Å². The van der Waals surface area contributed by atoms with Crippen molar-refractivity contribution in [1.82, 2.24) is 0 Å². The van der Waals surface area contributed by atoms with Gasteiger partial charge in [-0.25, -0.2) is 8.42 Å². The van der Waals surface area contributed by atoms with Crippen molar-refractivity contribution < 1.29 is 18.6 Å². The first-order valence-electron chi connectivity index (χ1n) is 6.59. The number of azide groups is 1. The van der Waals surface area contributed by atoms with Gasteiger partial charge >= 0.3 is 0 Å². The van der Waals surface area contributed by atoms with Crippen molar-refractivity contribution >= 4 is 15.5 Å². The zero-order chi connectivity index (χ0) is 16.2. The fourth-order valence-corrected chi connectivity index (χ4v) is 3.47. The van der Waals surface area contributed by atoms with Crippen LogP contribution < -0.4 is 0 Å². The lowest BCUT2D eigenvalue weighted by molar-refractivity contribution is 0.173. The molecular formula is C13H19N3O4S. The Morgan fingerprint density at radius 3 is 2.38 bits per heavy atom. The average molecular weight is 313 g/mol. The molecule has 0 amide bonds. The van der Waals surface area contributed by atoms with Crippen LogP contribution in [0.4, 0.5) is 5.69 Å². The molecule has 1 aromatic carbocycles. The summed E-state index contributed by atoms with van der Waals surface area (Å²) in [4.78, 5) is 2.39. The van der Waals surface area contributed by atoms with Gasteiger partial charge in [0.2, 0.25) is 9.84 Å². The Morgan fingerprint density at radius 2 is 1.90 bits per heavy atom. The number of hydrogen-bond acceptors (Lipinski definition) is 5. The molecule has 7 nitrogen and oxygen atoms in total. The molecule has 0 radical (unpaired) electrons. The molecule has 0 saturated carbocycles. The number of sulfone groups is 1. The first kappa shape index (κ1) is 17.5. The fraction of sp³-hybridized carbons (Fsp3) is 0.538. The first-order valence-corrected chi connectivity index (χ1v) is 8.14. The average Bonchev–Trinajstić information content (AvgIpc) is 2.45. The van der Waals surface area contributed by atoms with Gasteiger partial charge in [-0.15, -0.1) is 0 Å². The topological polar surface area (TPSA) is 123 Å². The third-order valence-electron chi connectivity index (χ3n) is 3.28. The summed E-state index contributed by atoms with van der Waals surface area (Å²) in [7, 11) is -4.04. The van der Waals surface area contributed by atoms with E-state index in [-0.39, 0.29) is 22.6 Å². The lowest BCUT2D eigenvalue weighted by Gasteiger charge is -2.19. The summed E-state index contributed by atoms with van der Waals surface area (Å²) in [6, 6.07) is 2.82. The zero-order valence-corrected chi connectivity index (χ0v) is 13.0. The third-order valence-corrected chi connectivity index (χ3v) is 5.27. The molecule has 0 saturated heterocycles. The van der Waals surface area contributed by atoms with Crippen molar-refractivity contribution in [3.05, 3.63) is 33.7 Å². The van der Waals surface area contributed by atoms with E-state index in [0.717, 1.165) is 0 Å². The van der Waals surface area contributed by atoms with Gasteiger partial charge in [0.15, 0.2) is 5.44 Å². The van der Waals surface area contributed by atoms with Gasteiger partial charge in [0.05, 0.1) is 16.7 Å². The maximum Gasteiger partial charge on any atom is 0.205 e. The van der Waals surface area contributed by atoms with Crippen LogP contribution in [-0.2, 0) is 9.84 Å². The summed E-state index contributed by atoms with van der Waals surface area (Å²) >= 11 is 0. The van der Waals surface area contributed by atoms with E-state index in [4.69, 9.17) is 5.53 Å². The molecule has 0 aliphatic carbocycles. The second kappa shape index (κ2) is 6.91. The van der Waals surface area contributed by atoms with Crippen molar-refractivity contribution in [2.45, 2.75) is 50.0 Å². The third kappa shape index (κ3) is 3.36. The molecule has 116 valence electrons. The number of aliphatic hydroxyl groups is 2. The summed E-state index contributed by atoms with van der Waals surface area (Å²) < 4.78 is 24.6. The minimum atomic E-state index is -4.04. The van der Waals surface area contributed by atoms with Crippen LogP contribution in [0.25, 0.3) is 10.4 Å². The Kier molecular flexibility index (Phi) is 5.74. The van der Waals surface area contributed by atoms with Crippen molar-refractivity contribution in [3.8, 4) is 0 Å². The highest BCUT2D eigenvalue weighted by molar-refractivity contribution is 7.92. The van der Waals surface area contributed by atoms with Gasteiger partial charge in [-0.05, 0) is 42.5 Å². The SMILES string of the molecule is CCC(O)c1c(C)ccc(S(=O)(=O)C(O)CC)c1N=[N+]=[N-]. The second-order valence-electron chi connectivity index (χ2n) is 4.66. The molecule has 8 heteroatoms. The highest BCUT2D eigenvalue weighted by Crippen LogP contribution is 2.38. The van der Waals surface area contributed by atoms with Crippen LogP contribution >= 0.6 is 0 Å². The van der Waals surface area contributed by atoms with E-state index < -0.39 is 21.4 Å². The van der Waals surface area contributed by atoms with Gasteiger partial charge < -0.3 is 10.2 Å². The van der Waals surface area contributed by atoms with Gasteiger partial charge in [-0.2, -0.15) is 0 Å². The van der Waals surface area contributed by atoms with Gasteiger partial charge in [-0.3, -0.25) is 0 Å². The summed E-state index contributed by atoms with van der Waals surface area (Å²) in [6.07, 6.45) is -0.592. The highest BCUT2D eigenvalue weighted by atomic mass is 32.2.